The molecule has 0 bridgehead atoms. The molecule has 2 saturated heterocycles. The molecular weight excluding hydrogens is 396 g/mol. The smallest absolute Gasteiger partial charge is 0.407 e. The number of hydrogen-bond acceptors (Lipinski definition) is 4. The van der Waals surface area contributed by atoms with Crippen LogP contribution in [0.5, 0.6) is 0 Å². The predicted molar refractivity (Wildman–Crippen MR) is 105 cm³/mol. The number of amides is 2. The molecule has 168 valence electrons. The number of carbonyl (C=O) groups excluding carboxylic acids is 1. The van der Waals surface area contributed by atoms with Gasteiger partial charge in [-0.05, 0) is 50.9 Å². The fraction of sp³-hybridized carbons (Fsp3) is 0.850. The first kappa shape index (κ1) is 22.7. The van der Waals surface area contributed by atoms with Crippen LogP contribution in [0.3, 0.4) is 0 Å². The zero-order valence-corrected chi connectivity index (χ0v) is 17.3. The Balaban J connectivity index is 0.000000171. The van der Waals surface area contributed by atoms with Crippen LogP contribution >= 0.6 is 0 Å². The minimum atomic E-state index is -3.03. The average Bonchev–Trinajstić information content (AvgIpc) is 3.54. The molecule has 2 heterocycles. The maximum absolute atomic E-state index is 12.5. The molecule has 4 fully saturated rings. The van der Waals surface area contributed by atoms with Crippen LogP contribution in [0, 0.1) is 16.7 Å². The summed E-state index contributed by atoms with van der Waals surface area (Å²) in [5.41, 5.74) is 6.81. The van der Waals surface area contributed by atoms with E-state index in [4.69, 9.17) is 16.1 Å². The highest BCUT2D eigenvalue weighted by Crippen LogP contribution is 2.45. The standard InChI is InChI=1S/C11H18N2O2.C9H12F2N3O/c14-10(15)12-5-3-11(4-6-12)7-13(8-11)9-1-2-9;1-8(10,11)4-6(13)7(15)14-9(5-12)2-3-9/h9H,1-8H2,(H,14,15);6,13H,2-4H2,1H3,(H,14,15)/q;-1/t;6-/m.0/s1. The van der Waals surface area contributed by atoms with Crippen molar-refractivity contribution in [3.8, 4) is 6.07 Å². The van der Waals surface area contributed by atoms with E-state index in [-0.39, 0.29) is 0 Å². The number of rotatable bonds is 5. The number of likely N-dealkylation sites (tertiary alicyclic amines) is 2. The van der Waals surface area contributed by atoms with Crippen molar-refractivity contribution in [3.63, 3.8) is 0 Å². The van der Waals surface area contributed by atoms with E-state index in [1.54, 1.807) is 4.90 Å². The highest BCUT2D eigenvalue weighted by atomic mass is 19.3. The van der Waals surface area contributed by atoms with Crippen LogP contribution < -0.4 is 5.32 Å². The molecule has 2 aliphatic carbocycles. The van der Waals surface area contributed by atoms with Crippen molar-refractivity contribution in [1.82, 2.24) is 15.1 Å². The maximum Gasteiger partial charge on any atom is 0.407 e. The molecular formula is C20H30F2N5O3-. The third-order valence-electron chi connectivity index (χ3n) is 6.44. The summed E-state index contributed by atoms with van der Waals surface area (Å²) in [6.07, 6.45) is 4.41. The lowest BCUT2D eigenvalue weighted by Gasteiger charge is -2.54. The zero-order valence-electron chi connectivity index (χ0n) is 17.3. The molecule has 2 aliphatic heterocycles. The molecule has 30 heavy (non-hydrogen) atoms. The van der Waals surface area contributed by atoms with Crippen LogP contribution in [0.4, 0.5) is 13.6 Å². The number of nitriles is 1. The third kappa shape index (κ3) is 5.79. The van der Waals surface area contributed by atoms with Crippen LogP contribution in [-0.4, -0.2) is 76.6 Å². The molecule has 0 aromatic rings. The van der Waals surface area contributed by atoms with Gasteiger partial charge < -0.3 is 21.1 Å². The maximum atomic E-state index is 12.5. The van der Waals surface area contributed by atoms with Gasteiger partial charge in [-0.3, -0.25) is 9.69 Å². The van der Waals surface area contributed by atoms with Gasteiger partial charge in [0.25, 0.3) is 0 Å². The van der Waals surface area contributed by atoms with Crippen LogP contribution in [0.2, 0.25) is 0 Å². The van der Waals surface area contributed by atoms with E-state index in [0.717, 1.165) is 32.0 Å². The fourth-order valence-corrected chi connectivity index (χ4v) is 4.17. The van der Waals surface area contributed by atoms with Gasteiger partial charge in [0.1, 0.15) is 5.54 Å². The summed E-state index contributed by atoms with van der Waals surface area (Å²) in [5.74, 6) is -3.83. The van der Waals surface area contributed by atoms with Gasteiger partial charge >= 0.3 is 6.09 Å². The second-order valence-electron chi connectivity index (χ2n) is 9.42. The van der Waals surface area contributed by atoms with Gasteiger partial charge in [-0.1, -0.05) is 6.04 Å². The van der Waals surface area contributed by atoms with Gasteiger partial charge in [-0.15, -0.1) is 0 Å². The predicted octanol–water partition coefficient (Wildman–Crippen LogP) is 2.85. The Kier molecular flexibility index (Phi) is 6.25. The lowest BCUT2D eigenvalue weighted by molar-refractivity contribution is -0.124. The molecule has 2 amide bonds. The quantitative estimate of drug-likeness (QED) is 0.700. The SMILES string of the molecule is CC(F)(F)C[C@H]([NH-])C(=O)NC1(C#N)CC1.O=C(O)N1CCC2(CC1)CN(C1CC1)C2. The topological polar surface area (TPSA) is 120 Å². The highest BCUT2D eigenvalue weighted by Gasteiger charge is 2.49. The Hall–Kier alpha value is -1.99. The van der Waals surface area contributed by atoms with Crippen molar-refractivity contribution in [2.24, 2.45) is 5.41 Å². The lowest BCUT2D eigenvalue weighted by atomic mass is 9.72. The molecule has 10 heteroatoms. The molecule has 0 radical (unpaired) electrons. The number of piperidine rings is 1. The Bertz CT molecular complexity index is 696. The van der Waals surface area contributed by atoms with Crippen molar-refractivity contribution in [2.45, 2.75) is 75.4 Å². The molecule has 8 nitrogen and oxygen atoms in total. The van der Waals surface area contributed by atoms with Gasteiger partial charge in [0.15, 0.2) is 0 Å². The van der Waals surface area contributed by atoms with E-state index in [1.165, 1.54) is 25.9 Å². The number of nitrogens with one attached hydrogen (secondary N) is 2. The monoisotopic (exact) mass is 426 g/mol. The molecule has 4 aliphatic rings. The van der Waals surface area contributed by atoms with Crippen molar-refractivity contribution >= 4 is 12.0 Å². The van der Waals surface area contributed by atoms with Crippen molar-refractivity contribution in [1.29, 1.82) is 5.26 Å². The normalized spacial score (nSPS) is 25.2. The van der Waals surface area contributed by atoms with E-state index in [0.29, 0.717) is 25.2 Å². The number of halogens is 2. The minimum Gasteiger partial charge on any atom is -0.667 e. The van der Waals surface area contributed by atoms with E-state index >= 15 is 0 Å². The number of carboxylic acid groups (broad SMARTS) is 1. The van der Waals surface area contributed by atoms with Gasteiger partial charge in [-0.2, -0.15) is 5.26 Å². The number of carbonyl (C=O) groups is 2. The first-order valence-corrected chi connectivity index (χ1v) is 10.5. The van der Waals surface area contributed by atoms with Gasteiger partial charge in [0, 0.05) is 38.6 Å². The summed E-state index contributed by atoms with van der Waals surface area (Å²) < 4.78 is 25.0. The Labute approximate surface area is 175 Å². The van der Waals surface area contributed by atoms with Crippen molar-refractivity contribution < 1.29 is 23.5 Å². The lowest BCUT2D eigenvalue weighted by Crippen LogP contribution is -2.61. The summed E-state index contributed by atoms with van der Waals surface area (Å²) in [7, 11) is 0. The van der Waals surface area contributed by atoms with Crippen LogP contribution in [0.25, 0.3) is 5.73 Å². The van der Waals surface area contributed by atoms with E-state index in [1.807, 2.05) is 6.07 Å². The number of alkyl halides is 2. The number of nitrogens with zero attached hydrogens (tertiary/aromatic N) is 3. The largest absolute Gasteiger partial charge is 0.667 e. The van der Waals surface area contributed by atoms with Crippen molar-refractivity contribution in [2.75, 3.05) is 26.2 Å². The molecule has 2 saturated carbocycles. The average molecular weight is 426 g/mol. The summed E-state index contributed by atoms with van der Waals surface area (Å²) >= 11 is 0. The molecule has 3 N–H and O–H groups in total. The van der Waals surface area contributed by atoms with E-state index < -0.39 is 35.9 Å². The summed E-state index contributed by atoms with van der Waals surface area (Å²) in [4.78, 5) is 26.2. The Morgan fingerprint density at radius 3 is 2.23 bits per heavy atom. The highest BCUT2D eigenvalue weighted by molar-refractivity contribution is 5.84. The summed E-state index contributed by atoms with van der Waals surface area (Å²) in [6.45, 7) is 4.61. The summed E-state index contributed by atoms with van der Waals surface area (Å²) in [5, 5.41) is 19.8. The second kappa shape index (κ2) is 8.27. The molecule has 0 unspecified atom stereocenters. The van der Waals surface area contributed by atoms with Gasteiger partial charge in [0.2, 0.25) is 11.8 Å². The zero-order chi connectivity index (χ0) is 22.2. The van der Waals surface area contributed by atoms with E-state index in [2.05, 4.69) is 10.2 Å². The first-order valence-electron chi connectivity index (χ1n) is 10.5. The van der Waals surface area contributed by atoms with E-state index in [9.17, 15) is 18.4 Å². The molecule has 1 atom stereocenters. The number of hydrogen-bond donors (Lipinski definition) is 2. The van der Waals surface area contributed by atoms with Crippen LogP contribution in [-0.2, 0) is 4.79 Å². The van der Waals surface area contributed by atoms with Gasteiger partial charge in [-0.25, -0.2) is 13.6 Å². The Morgan fingerprint density at radius 2 is 1.83 bits per heavy atom. The van der Waals surface area contributed by atoms with Crippen LogP contribution in [0.1, 0.15) is 51.9 Å². The second-order valence-corrected chi connectivity index (χ2v) is 9.42. The van der Waals surface area contributed by atoms with Gasteiger partial charge in [0.05, 0.1) is 6.07 Å². The van der Waals surface area contributed by atoms with Crippen molar-refractivity contribution in [3.05, 3.63) is 5.73 Å². The minimum absolute atomic E-state index is 0.481. The summed E-state index contributed by atoms with van der Waals surface area (Å²) in [6, 6.07) is 1.26. The third-order valence-corrected chi connectivity index (χ3v) is 6.44. The molecule has 1 spiro atoms. The molecule has 0 aromatic heterocycles. The molecule has 4 rings (SSSR count). The Morgan fingerprint density at radius 1 is 1.27 bits per heavy atom. The fourth-order valence-electron chi connectivity index (χ4n) is 4.17. The molecule has 0 aromatic carbocycles. The van der Waals surface area contributed by atoms with Crippen LogP contribution in [0.15, 0.2) is 0 Å². The first-order chi connectivity index (χ1) is 14.0.